The molecule has 0 heterocycles. The number of nitrogens with zero attached hydrogens (tertiary/aromatic N) is 1. The zero-order valence-corrected chi connectivity index (χ0v) is 8.19. The lowest BCUT2D eigenvalue weighted by atomic mass is 10.2. The maximum atomic E-state index is 9.44. The summed E-state index contributed by atoms with van der Waals surface area (Å²) in [6, 6.07) is 4.74. The molecule has 80 valence electrons. The van der Waals surface area contributed by atoms with Crippen molar-refractivity contribution < 1.29 is 9.84 Å². The third-order valence-electron chi connectivity index (χ3n) is 1.62. The van der Waals surface area contributed by atoms with Crippen molar-refractivity contribution in [2.75, 3.05) is 7.11 Å². The maximum Gasteiger partial charge on any atom is 0.206 e. The fourth-order valence-corrected chi connectivity index (χ4v) is 0.934. The summed E-state index contributed by atoms with van der Waals surface area (Å²) in [5.74, 6) is 0.413. The van der Waals surface area contributed by atoms with Crippen molar-refractivity contribution in [3.63, 3.8) is 0 Å². The number of hydrogen-bond donors (Lipinski definition) is 4. The quantitative estimate of drug-likeness (QED) is 0.324. The third kappa shape index (κ3) is 3.18. The zero-order chi connectivity index (χ0) is 11.3. The Kier molecular flexibility index (Phi) is 3.50. The normalized spacial score (nSPS) is 10.2. The number of hydrogen-bond acceptors (Lipinski definition) is 4. The monoisotopic (exact) mass is 208 g/mol. The average molecular weight is 208 g/mol. The van der Waals surface area contributed by atoms with Crippen molar-refractivity contribution in [1.29, 1.82) is 5.41 Å². The molecule has 0 unspecified atom stereocenters. The Hall–Kier alpha value is -2.24. The molecule has 6 nitrogen and oxygen atoms in total. The highest BCUT2D eigenvalue weighted by molar-refractivity contribution is 5.85. The van der Waals surface area contributed by atoms with Crippen LogP contribution in [-0.2, 0) is 0 Å². The minimum Gasteiger partial charge on any atom is -0.507 e. The van der Waals surface area contributed by atoms with Gasteiger partial charge in [-0.05, 0) is 18.2 Å². The first-order chi connectivity index (χ1) is 7.13. The molecule has 1 aromatic carbocycles. The van der Waals surface area contributed by atoms with Crippen LogP contribution in [0.5, 0.6) is 11.5 Å². The van der Waals surface area contributed by atoms with Crippen LogP contribution in [0.15, 0.2) is 23.3 Å². The van der Waals surface area contributed by atoms with E-state index in [0.717, 1.165) is 0 Å². The van der Waals surface area contributed by atoms with Gasteiger partial charge in [0.15, 0.2) is 0 Å². The first-order valence-electron chi connectivity index (χ1n) is 4.13. The number of phenolic OH excluding ortho intramolecular Hbond substituents is 1. The zero-order valence-electron chi connectivity index (χ0n) is 8.19. The predicted octanol–water partition coefficient (Wildman–Crippen LogP) is 0.218. The molecule has 1 rings (SSSR count). The van der Waals surface area contributed by atoms with Crippen LogP contribution in [0.2, 0.25) is 0 Å². The molecule has 0 aromatic heterocycles. The van der Waals surface area contributed by atoms with Gasteiger partial charge < -0.3 is 15.6 Å². The summed E-state index contributed by atoms with van der Waals surface area (Å²) in [5.41, 5.74) is 7.73. The Morgan fingerprint density at radius 2 is 2.40 bits per heavy atom. The van der Waals surface area contributed by atoms with Crippen LogP contribution >= 0.6 is 0 Å². The SMILES string of the molecule is COc1ccc(O)c(C=NNC(=N)N)c1. The lowest BCUT2D eigenvalue weighted by Crippen LogP contribution is -2.25. The second kappa shape index (κ2) is 4.85. The average Bonchev–Trinajstić information content (AvgIpc) is 2.20. The van der Waals surface area contributed by atoms with Gasteiger partial charge in [0.25, 0.3) is 0 Å². The summed E-state index contributed by atoms with van der Waals surface area (Å²) >= 11 is 0. The number of aromatic hydroxyl groups is 1. The second-order valence-corrected chi connectivity index (χ2v) is 2.71. The van der Waals surface area contributed by atoms with Gasteiger partial charge in [0.05, 0.1) is 13.3 Å². The molecule has 15 heavy (non-hydrogen) atoms. The molecule has 0 aliphatic heterocycles. The lowest BCUT2D eigenvalue weighted by Gasteiger charge is -2.02. The van der Waals surface area contributed by atoms with Gasteiger partial charge in [0.2, 0.25) is 5.96 Å². The number of nitrogens with one attached hydrogen (secondary N) is 2. The Morgan fingerprint density at radius 1 is 1.67 bits per heavy atom. The largest absolute Gasteiger partial charge is 0.507 e. The first-order valence-corrected chi connectivity index (χ1v) is 4.13. The van der Waals surface area contributed by atoms with E-state index in [2.05, 4.69) is 10.5 Å². The van der Waals surface area contributed by atoms with E-state index in [1.165, 1.54) is 19.4 Å². The number of rotatable bonds is 3. The van der Waals surface area contributed by atoms with Crippen LogP contribution in [0.1, 0.15) is 5.56 Å². The van der Waals surface area contributed by atoms with Crippen LogP contribution in [-0.4, -0.2) is 24.4 Å². The molecule has 0 spiro atoms. The van der Waals surface area contributed by atoms with E-state index in [1.807, 2.05) is 0 Å². The van der Waals surface area contributed by atoms with Crippen molar-refractivity contribution >= 4 is 12.2 Å². The number of nitrogens with two attached hydrogens (primary N) is 1. The summed E-state index contributed by atoms with van der Waals surface area (Å²) < 4.78 is 4.98. The second-order valence-electron chi connectivity index (χ2n) is 2.71. The highest BCUT2D eigenvalue weighted by atomic mass is 16.5. The van der Waals surface area contributed by atoms with Crippen LogP contribution in [0.3, 0.4) is 0 Å². The Morgan fingerprint density at radius 3 is 3.00 bits per heavy atom. The minimum absolute atomic E-state index is 0.0740. The summed E-state index contributed by atoms with van der Waals surface area (Å²) in [7, 11) is 1.53. The molecule has 0 atom stereocenters. The first kappa shape index (κ1) is 10.8. The third-order valence-corrected chi connectivity index (χ3v) is 1.62. The number of benzene rings is 1. The molecule has 5 N–H and O–H groups in total. The van der Waals surface area contributed by atoms with E-state index in [9.17, 15) is 5.11 Å². The summed E-state index contributed by atoms with van der Waals surface area (Å²) in [5, 5.41) is 19.9. The molecule has 0 radical (unpaired) electrons. The van der Waals surface area contributed by atoms with Crippen molar-refractivity contribution in [3.05, 3.63) is 23.8 Å². The Labute approximate surface area is 86.9 Å². The molecule has 0 aliphatic rings. The molecule has 0 fully saturated rings. The summed E-state index contributed by atoms with van der Waals surface area (Å²) in [4.78, 5) is 0. The van der Waals surface area contributed by atoms with Gasteiger partial charge in [-0.15, -0.1) is 0 Å². The van der Waals surface area contributed by atoms with Crippen LogP contribution in [0, 0.1) is 5.41 Å². The number of phenols is 1. The smallest absolute Gasteiger partial charge is 0.206 e. The number of ether oxygens (including phenoxy) is 1. The fraction of sp³-hybridized carbons (Fsp3) is 0.111. The van der Waals surface area contributed by atoms with Crippen molar-refractivity contribution in [1.82, 2.24) is 5.43 Å². The van der Waals surface area contributed by atoms with E-state index < -0.39 is 0 Å². The van der Waals surface area contributed by atoms with Gasteiger partial charge in [0, 0.05) is 5.56 Å². The molecular weight excluding hydrogens is 196 g/mol. The van der Waals surface area contributed by atoms with Crippen LogP contribution < -0.4 is 15.9 Å². The molecule has 0 amide bonds. The maximum absolute atomic E-state index is 9.44. The van der Waals surface area contributed by atoms with Gasteiger partial charge in [-0.1, -0.05) is 0 Å². The molecule has 0 bridgehead atoms. The number of hydrazone groups is 1. The van der Waals surface area contributed by atoms with E-state index >= 15 is 0 Å². The van der Waals surface area contributed by atoms with Crippen LogP contribution in [0.4, 0.5) is 0 Å². The molecule has 0 saturated carbocycles. The van der Waals surface area contributed by atoms with Crippen LogP contribution in [0.25, 0.3) is 0 Å². The van der Waals surface area contributed by atoms with Crippen molar-refractivity contribution in [3.8, 4) is 11.5 Å². The van der Waals surface area contributed by atoms with Gasteiger partial charge in [-0.2, -0.15) is 5.10 Å². The van der Waals surface area contributed by atoms with E-state index in [0.29, 0.717) is 11.3 Å². The minimum atomic E-state index is -0.270. The number of guanidine groups is 1. The van der Waals surface area contributed by atoms with Gasteiger partial charge in [-0.3, -0.25) is 5.41 Å². The molecule has 6 heteroatoms. The summed E-state index contributed by atoms with van der Waals surface area (Å²) in [6.45, 7) is 0. The van der Waals surface area contributed by atoms with Crippen molar-refractivity contribution in [2.24, 2.45) is 10.8 Å². The topological polar surface area (TPSA) is 104 Å². The van der Waals surface area contributed by atoms with Gasteiger partial charge in [-0.25, -0.2) is 5.43 Å². The molecule has 0 saturated heterocycles. The van der Waals surface area contributed by atoms with E-state index in [-0.39, 0.29) is 11.7 Å². The molecule has 1 aromatic rings. The predicted molar refractivity (Wildman–Crippen MR) is 57.3 cm³/mol. The highest BCUT2D eigenvalue weighted by Crippen LogP contribution is 2.20. The molecular formula is C9H12N4O2. The standard InChI is InChI=1S/C9H12N4O2/c1-15-7-2-3-8(14)6(4-7)5-12-13-9(10)11/h2-5,14H,1H3,(H4,10,11,13). The lowest BCUT2D eigenvalue weighted by molar-refractivity contribution is 0.412. The van der Waals surface area contributed by atoms with E-state index in [4.69, 9.17) is 15.9 Å². The highest BCUT2D eigenvalue weighted by Gasteiger charge is 1.99. The molecule has 0 aliphatic carbocycles. The van der Waals surface area contributed by atoms with Gasteiger partial charge >= 0.3 is 0 Å². The number of methoxy groups -OCH3 is 1. The van der Waals surface area contributed by atoms with E-state index in [1.54, 1.807) is 12.1 Å². The fourth-order valence-electron chi connectivity index (χ4n) is 0.934. The van der Waals surface area contributed by atoms with Gasteiger partial charge in [0.1, 0.15) is 11.5 Å². The summed E-state index contributed by atoms with van der Waals surface area (Å²) in [6.07, 6.45) is 1.35. The Balaban J connectivity index is 2.83. The van der Waals surface area contributed by atoms with Crippen molar-refractivity contribution in [2.45, 2.75) is 0 Å². The Bertz CT molecular complexity index is 390.